The quantitative estimate of drug-likeness (QED) is 0.251. The molecule has 0 unspecified atom stereocenters. The van der Waals surface area contributed by atoms with Gasteiger partial charge >= 0.3 is 7.60 Å². The average molecular weight is 438 g/mol. The number of pyridine rings is 1. The van der Waals surface area contributed by atoms with Gasteiger partial charge in [0, 0.05) is 12.4 Å². The van der Waals surface area contributed by atoms with Gasteiger partial charge in [0.15, 0.2) is 0 Å². The smallest absolute Gasteiger partial charge is 0.324 e. The number of hydrogen-bond acceptors (Lipinski definition) is 2. The van der Waals surface area contributed by atoms with Crippen molar-refractivity contribution < 1.29 is 14.4 Å². The highest BCUT2D eigenvalue weighted by molar-refractivity contribution is 7.53. The van der Waals surface area contributed by atoms with Crippen LogP contribution in [-0.2, 0) is 11.0 Å². The molecular weight excluding hydrogens is 393 g/mol. The maximum atomic E-state index is 13.1. The Hall–Kier alpha value is -0.960. The minimum Gasteiger partial charge on any atom is -0.324 e. The highest BCUT2D eigenvalue weighted by Crippen LogP contribution is 2.67. The summed E-state index contributed by atoms with van der Waals surface area (Å²) in [6, 6.07) is 3.95. The van der Waals surface area contributed by atoms with Crippen molar-refractivity contribution in [1.82, 2.24) is 4.98 Å². The molecule has 2 N–H and O–H groups in total. The van der Waals surface area contributed by atoms with Crippen LogP contribution in [0.5, 0.6) is 0 Å². The van der Waals surface area contributed by atoms with Crippen LogP contribution >= 0.6 is 7.60 Å². The molecule has 0 fully saturated rings. The fourth-order valence-corrected chi connectivity index (χ4v) is 7.64. The highest BCUT2D eigenvalue weighted by Gasteiger charge is 2.57. The molecule has 1 aromatic rings. The summed E-state index contributed by atoms with van der Waals surface area (Å²) < 4.78 is 13.1. The third kappa shape index (κ3) is 4.61. The van der Waals surface area contributed by atoms with Gasteiger partial charge in [0.1, 0.15) is 0 Å². The van der Waals surface area contributed by atoms with Gasteiger partial charge in [-0.25, -0.2) is 0 Å². The van der Waals surface area contributed by atoms with Crippen molar-refractivity contribution in [3.63, 3.8) is 0 Å². The first-order valence-corrected chi connectivity index (χ1v) is 13.4. The molecule has 0 saturated heterocycles. The molecular formula is C25H44NO3P. The minimum atomic E-state index is -4.39. The lowest BCUT2D eigenvalue weighted by Gasteiger charge is -2.56. The summed E-state index contributed by atoms with van der Waals surface area (Å²) in [6.45, 7) is 15.0. The van der Waals surface area contributed by atoms with Gasteiger partial charge in [0.25, 0.3) is 0 Å². The Balaban J connectivity index is 3.95. The monoisotopic (exact) mass is 437 g/mol. The van der Waals surface area contributed by atoms with Crippen LogP contribution in [0.4, 0.5) is 0 Å². The van der Waals surface area contributed by atoms with Gasteiger partial charge < -0.3 is 9.79 Å². The van der Waals surface area contributed by atoms with Crippen LogP contribution in [0.25, 0.3) is 0 Å². The highest BCUT2D eigenvalue weighted by atomic mass is 31.2. The number of allylic oxidation sites excluding steroid dienone is 2. The van der Waals surface area contributed by atoms with E-state index in [9.17, 15) is 14.4 Å². The third-order valence-electron chi connectivity index (χ3n) is 8.26. The molecule has 1 aromatic heterocycles. The maximum Gasteiger partial charge on any atom is 0.335 e. The van der Waals surface area contributed by atoms with Crippen molar-refractivity contribution in [1.29, 1.82) is 0 Å². The normalized spacial score (nSPS) is 14.2. The van der Waals surface area contributed by atoms with Crippen LogP contribution in [0.1, 0.15) is 99.0 Å². The van der Waals surface area contributed by atoms with Crippen molar-refractivity contribution >= 4 is 7.60 Å². The first-order chi connectivity index (χ1) is 14.1. The summed E-state index contributed by atoms with van der Waals surface area (Å²) in [7, 11) is -4.39. The fourth-order valence-electron chi connectivity index (χ4n) is 6.20. The Kier molecular flexibility index (Phi) is 9.99. The lowest BCUT2D eigenvalue weighted by molar-refractivity contribution is 0.0332. The molecule has 0 bridgehead atoms. The van der Waals surface area contributed by atoms with E-state index in [1.165, 1.54) is 0 Å². The molecule has 0 aliphatic heterocycles. The van der Waals surface area contributed by atoms with E-state index >= 15 is 0 Å². The van der Waals surface area contributed by atoms with E-state index in [1.807, 2.05) is 32.2 Å². The predicted molar refractivity (Wildman–Crippen MR) is 128 cm³/mol. The standard InChI is InChI=1S/C25H44NO3P/c1-8-23(9-2,10-3)24(11-4,12-5)22(18-17-21-16-15-19-26-20-21)25(13-6,14-7)30(27,28)29/h15-16,18-20H,8-14,17H2,1-7H3,(H2,27,28,29). The maximum absolute atomic E-state index is 13.1. The van der Waals surface area contributed by atoms with Crippen molar-refractivity contribution in [2.24, 2.45) is 10.8 Å². The Morgan fingerprint density at radius 2 is 1.47 bits per heavy atom. The van der Waals surface area contributed by atoms with Crippen LogP contribution in [0.2, 0.25) is 0 Å². The van der Waals surface area contributed by atoms with Crippen LogP contribution in [-0.4, -0.2) is 19.9 Å². The van der Waals surface area contributed by atoms with Crippen molar-refractivity contribution in [3.05, 3.63) is 41.7 Å². The second kappa shape index (κ2) is 11.1. The van der Waals surface area contributed by atoms with E-state index in [2.05, 4.69) is 45.7 Å². The molecule has 0 saturated carbocycles. The molecule has 5 heteroatoms. The zero-order valence-corrected chi connectivity index (χ0v) is 21.1. The van der Waals surface area contributed by atoms with E-state index in [-0.39, 0.29) is 10.8 Å². The average Bonchev–Trinajstić information content (AvgIpc) is 2.76. The van der Waals surface area contributed by atoms with E-state index in [4.69, 9.17) is 0 Å². The molecule has 0 aromatic carbocycles. The molecule has 0 aliphatic rings. The molecule has 1 rings (SSSR count). The number of aromatic nitrogens is 1. The topological polar surface area (TPSA) is 70.4 Å². The summed E-state index contributed by atoms with van der Waals surface area (Å²) in [5.41, 5.74) is 1.79. The summed E-state index contributed by atoms with van der Waals surface area (Å²) in [5.74, 6) is 0. The summed E-state index contributed by atoms with van der Waals surface area (Å²) in [4.78, 5) is 25.6. The van der Waals surface area contributed by atoms with Gasteiger partial charge in [-0.3, -0.25) is 9.55 Å². The first-order valence-electron chi connectivity index (χ1n) is 11.8. The van der Waals surface area contributed by atoms with Crippen molar-refractivity contribution in [3.8, 4) is 0 Å². The molecule has 0 amide bonds. The fraction of sp³-hybridized carbons (Fsp3) is 0.720. The van der Waals surface area contributed by atoms with Gasteiger partial charge in [-0.1, -0.05) is 60.6 Å². The van der Waals surface area contributed by atoms with Crippen LogP contribution in [0, 0.1) is 10.8 Å². The molecule has 1 heterocycles. The number of rotatable bonds is 13. The molecule has 4 nitrogen and oxygen atoms in total. The Labute approximate surface area is 184 Å². The summed E-state index contributed by atoms with van der Waals surface area (Å²) >= 11 is 0. The second-order valence-corrected chi connectivity index (χ2v) is 10.5. The first kappa shape index (κ1) is 27.1. The molecule has 0 atom stereocenters. The van der Waals surface area contributed by atoms with Gasteiger partial charge in [0.2, 0.25) is 0 Å². The van der Waals surface area contributed by atoms with Crippen LogP contribution in [0.3, 0.4) is 0 Å². The molecule has 30 heavy (non-hydrogen) atoms. The molecule has 0 radical (unpaired) electrons. The van der Waals surface area contributed by atoms with Crippen LogP contribution < -0.4 is 0 Å². The largest absolute Gasteiger partial charge is 0.335 e. The molecule has 0 aliphatic carbocycles. The van der Waals surface area contributed by atoms with Gasteiger partial charge in [-0.05, 0) is 79.4 Å². The SMILES string of the molecule is CCC(CC)(CC)C(CC)(CC)C(=CCc1cccnc1)C(CC)(CC)P(=O)(O)O. The molecule has 0 spiro atoms. The van der Waals surface area contributed by atoms with E-state index in [0.29, 0.717) is 19.3 Å². The molecule has 172 valence electrons. The van der Waals surface area contributed by atoms with Gasteiger partial charge in [-0.2, -0.15) is 0 Å². The van der Waals surface area contributed by atoms with E-state index in [1.54, 1.807) is 6.20 Å². The lowest BCUT2D eigenvalue weighted by Crippen LogP contribution is -2.49. The van der Waals surface area contributed by atoms with Crippen LogP contribution in [0.15, 0.2) is 36.2 Å². The Morgan fingerprint density at radius 3 is 1.80 bits per heavy atom. The van der Waals surface area contributed by atoms with E-state index < -0.39 is 12.8 Å². The second-order valence-electron chi connectivity index (χ2n) is 8.60. The Bertz CT molecular complexity index is 703. The predicted octanol–water partition coefficient (Wildman–Crippen LogP) is 7.31. The lowest BCUT2D eigenvalue weighted by atomic mass is 9.51. The zero-order chi connectivity index (χ0) is 23.1. The Morgan fingerprint density at radius 1 is 0.933 bits per heavy atom. The van der Waals surface area contributed by atoms with Gasteiger partial charge in [-0.15, -0.1) is 0 Å². The number of nitrogens with zero attached hydrogens (tertiary/aromatic N) is 1. The van der Waals surface area contributed by atoms with Gasteiger partial charge in [0.05, 0.1) is 5.16 Å². The van der Waals surface area contributed by atoms with E-state index in [0.717, 1.165) is 43.2 Å². The third-order valence-corrected chi connectivity index (χ3v) is 10.3. The summed E-state index contributed by atoms with van der Waals surface area (Å²) in [6.07, 6.45) is 12.0. The van der Waals surface area contributed by atoms with Crippen molar-refractivity contribution in [2.45, 2.75) is 105 Å². The summed E-state index contributed by atoms with van der Waals surface area (Å²) in [5, 5.41) is -1.13. The van der Waals surface area contributed by atoms with Crippen molar-refractivity contribution in [2.75, 3.05) is 0 Å². The zero-order valence-electron chi connectivity index (χ0n) is 20.2. The minimum absolute atomic E-state index is 0.00202. The number of hydrogen-bond donors (Lipinski definition) is 2.